The van der Waals surface area contributed by atoms with Gasteiger partial charge in [0, 0.05) is 17.8 Å². The number of rotatable bonds is 0. The van der Waals surface area contributed by atoms with Crippen LogP contribution in [-0.2, 0) is 14.3 Å². The quantitative estimate of drug-likeness (QED) is 0.593. The molecule has 3 nitrogen and oxygen atoms in total. The molecule has 0 unspecified atom stereocenters. The predicted octanol–water partition coefficient (Wildman–Crippen LogP) is 2.33. The van der Waals surface area contributed by atoms with Crippen LogP contribution in [0.4, 0.5) is 0 Å². The minimum absolute atomic E-state index is 0.109. The summed E-state index contributed by atoms with van der Waals surface area (Å²) in [4.78, 5) is 23.7. The van der Waals surface area contributed by atoms with Crippen LogP contribution in [-0.4, -0.2) is 17.4 Å². The SMILES string of the molecule is CC1(C)OC(=O)C[C@]2(C)CC(=O)C(C)(C)[C@H]12. The molecule has 90 valence electrons. The Morgan fingerprint density at radius 2 is 1.62 bits per heavy atom. The average Bonchev–Trinajstić information content (AvgIpc) is 2.13. The standard InChI is InChI=1S/C13H20O3/c1-11(2)8(14)6-13(5)7-9(15)16-12(3,4)10(11)13/h10H,6-7H2,1-5H3/t10-,13+/m1/s1. The van der Waals surface area contributed by atoms with Crippen LogP contribution >= 0.6 is 0 Å². The summed E-state index contributed by atoms with van der Waals surface area (Å²) in [6, 6.07) is 0. The van der Waals surface area contributed by atoms with Crippen molar-refractivity contribution in [2.75, 3.05) is 0 Å². The maximum absolute atomic E-state index is 12.1. The molecule has 0 N–H and O–H groups in total. The van der Waals surface area contributed by atoms with Gasteiger partial charge in [-0.15, -0.1) is 0 Å². The maximum Gasteiger partial charge on any atom is 0.306 e. The molecule has 0 radical (unpaired) electrons. The van der Waals surface area contributed by atoms with Gasteiger partial charge in [0.05, 0.1) is 6.42 Å². The van der Waals surface area contributed by atoms with Gasteiger partial charge < -0.3 is 4.74 Å². The van der Waals surface area contributed by atoms with E-state index in [4.69, 9.17) is 4.74 Å². The maximum atomic E-state index is 12.1. The lowest BCUT2D eigenvalue weighted by Gasteiger charge is -2.49. The van der Waals surface area contributed by atoms with Crippen LogP contribution in [0, 0.1) is 16.7 Å². The van der Waals surface area contributed by atoms with Crippen molar-refractivity contribution in [2.24, 2.45) is 16.7 Å². The summed E-state index contributed by atoms with van der Waals surface area (Å²) in [6.07, 6.45) is 0.874. The first-order chi connectivity index (χ1) is 7.09. The van der Waals surface area contributed by atoms with Crippen molar-refractivity contribution < 1.29 is 14.3 Å². The Morgan fingerprint density at radius 3 is 2.19 bits per heavy atom. The van der Waals surface area contributed by atoms with Crippen LogP contribution in [0.15, 0.2) is 0 Å². The highest BCUT2D eigenvalue weighted by atomic mass is 16.6. The number of Topliss-reactive ketones (excluding diaryl/α,β-unsaturated/α-hetero) is 1. The third-order valence-corrected chi connectivity index (χ3v) is 4.32. The molecule has 2 aliphatic rings. The predicted molar refractivity (Wildman–Crippen MR) is 59.8 cm³/mol. The highest BCUT2D eigenvalue weighted by Crippen LogP contribution is 2.60. The first-order valence-corrected chi connectivity index (χ1v) is 5.85. The molecule has 16 heavy (non-hydrogen) atoms. The molecular weight excluding hydrogens is 204 g/mol. The van der Waals surface area contributed by atoms with Gasteiger partial charge in [-0.1, -0.05) is 20.8 Å². The molecule has 0 bridgehead atoms. The first kappa shape index (κ1) is 11.6. The average molecular weight is 224 g/mol. The molecule has 0 amide bonds. The molecule has 2 rings (SSSR count). The molecule has 0 spiro atoms. The molecule has 3 heteroatoms. The Balaban J connectivity index is 2.52. The van der Waals surface area contributed by atoms with E-state index in [9.17, 15) is 9.59 Å². The second-order valence-corrected chi connectivity index (χ2v) is 6.66. The van der Waals surface area contributed by atoms with Crippen molar-refractivity contribution in [1.82, 2.24) is 0 Å². The van der Waals surface area contributed by atoms with E-state index in [0.29, 0.717) is 12.8 Å². The van der Waals surface area contributed by atoms with E-state index in [1.165, 1.54) is 0 Å². The molecule has 1 aliphatic carbocycles. The fraction of sp³-hybridized carbons (Fsp3) is 0.846. The number of carbonyl (C=O) groups excluding carboxylic acids is 2. The van der Waals surface area contributed by atoms with Gasteiger partial charge in [-0.25, -0.2) is 0 Å². The van der Waals surface area contributed by atoms with Crippen LogP contribution < -0.4 is 0 Å². The Bertz CT molecular complexity index is 367. The number of hydrogen-bond acceptors (Lipinski definition) is 3. The van der Waals surface area contributed by atoms with E-state index in [-0.39, 0.29) is 28.5 Å². The lowest BCUT2D eigenvalue weighted by atomic mass is 9.61. The third kappa shape index (κ3) is 1.33. The summed E-state index contributed by atoms with van der Waals surface area (Å²) in [5.41, 5.74) is -1.15. The number of cyclic esters (lactones) is 1. The van der Waals surface area contributed by atoms with Gasteiger partial charge in [-0.2, -0.15) is 0 Å². The summed E-state index contributed by atoms with van der Waals surface area (Å²) >= 11 is 0. The van der Waals surface area contributed by atoms with Gasteiger partial charge in [0.25, 0.3) is 0 Å². The van der Waals surface area contributed by atoms with Crippen molar-refractivity contribution >= 4 is 11.8 Å². The minimum Gasteiger partial charge on any atom is -0.459 e. The molecule has 1 heterocycles. The molecule has 2 fully saturated rings. The van der Waals surface area contributed by atoms with Crippen molar-refractivity contribution in [3.05, 3.63) is 0 Å². The van der Waals surface area contributed by atoms with Crippen LogP contribution in [0.3, 0.4) is 0 Å². The number of ether oxygens (including phenoxy) is 1. The van der Waals surface area contributed by atoms with Crippen LogP contribution in [0.25, 0.3) is 0 Å². The van der Waals surface area contributed by atoms with Crippen LogP contribution in [0.2, 0.25) is 0 Å². The lowest BCUT2D eigenvalue weighted by Crippen LogP contribution is -2.53. The zero-order valence-electron chi connectivity index (χ0n) is 10.7. The monoisotopic (exact) mass is 224 g/mol. The van der Waals surface area contributed by atoms with Crippen molar-refractivity contribution in [2.45, 2.75) is 53.1 Å². The number of ketones is 1. The van der Waals surface area contributed by atoms with E-state index in [1.54, 1.807) is 0 Å². The molecule has 0 aromatic carbocycles. The van der Waals surface area contributed by atoms with Gasteiger partial charge in [0.1, 0.15) is 11.4 Å². The Kier molecular flexibility index (Phi) is 2.09. The highest BCUT2D eigenvalue weighted by Gasteiger charge is 2.64. The second kappa shape index (κ2) is 2.88. The number of hydrogen-bond donors (Lipinski definition) is 0. The summed E-state index contributed by atoms with van der Waals surface area (Å²) in [5, 5.41) is 0. The van der Waals surface area contributed by atoms with Crippen molar-refractivity contribution in [3.8, 4) is 0 Å². The fourth-order valence-electron chi connectivity index (χ4n) is 4.32. The summed E-state index contributed by atoms with van der Waals surface area (Å²) in [5.74, 6) is 0.193. The highest BCUT2D eigenvalue weighted by molar-refractivity contribution is 5.89. The zero-order valence-corrected chi connectivity index (χ0v) is 10.7. The van der Waals surface area contributed by atoms with Gasteiger partial charge in [-0.05, 0) is 19.3 Å². The van der Waals surface area contributed by atoms with E-state index < -0.39 is 5.60 Å². The smallest absolute Gasteiger partial charge is 0.306 e. The van der Waals surface area contributed by atoms with Crippen LogP contribution in [0.1, 0.15) is 47.5 Å². The number of fused-ring (bicyclic) bond motifs is 1. The molecular formula is C13H20O3. The Labute approximate surface area is 96.5 Å². The second-order valence-electron chi connectivity index (χ2n) is 6.66. The summed E-state index contributed by atoms with van der Waals surface area (Å²) in [7, 11) is 0. The van der Waals surface area contributed by atoms with E-state index in [1.807, 2.05) is 34.6 Å². The van der Waals surface area contributed by atoms with E-state index in [0.717, 1.165) is 0 Å². The van der Waals surface area contributed by atoms with Crippen molar-refractivity contribution in [1.29, 1.82) is 0 Å². The topological polar surface area (TPSA) is 43.4 Å². The normalized spacial score (nSPS) is 40.4. The van der Waals surface area contributed by atoms with Crippen LogP contribution in [0.5, 0.6) is 0 Å². The molecule has 0 aromatic heterocycles. The van der Waals surface area contributed by atoms with Gasteiger partial charge in [0.15, 0.2) is 0 Å². The minimum atomic E-state index is -0.542. The third-order valence-electron chi connectivity index (χ3n) is 4.32. The Hall–Kier alpha value is -0.860. The van der Waals surface area contributed by atoms with E-state index in [2.05, 4.69) is 0 Å². The van der Waals surface area contributed by atoms with Crippen molar-refractivity contribution in [3.63, 3.8) is 0 Å². The Morgan fingerprint density at radius 1 is 1.06 bits per heavy atom. The summed E-state index contributed by atoms with van der Waals surface area (Å²) in [6.45, 7) is 9.85. The molecule has 1 saturated carbocycles. The fourth-order valence-corrected chi connectivity index (χ4v) is 4.32. The van der Waals surface area contributed by atoms with E-state index >= 15 is 0 Å². The first-order valence-electron chi connectivity index (χ1n) is 5.85. The van der Waals surface area contributed by atoms with Gasteiger partial charge in [-0.3, -0.25) is 9.59 Å². The molecule has 0 aromatic rings. The molecule has 1 aliphatic heterocycles. The molecule has 2 atom stereocenters. The zero-order chi connectivity index (χ0) is 12.4. The lowest BCUT2D eigenvalue weighted by molar-refractivity contribution is -0.192. The molecule has 1 saturated heterocycles. The number of carbonyl (C=O) groups is 2. The largest absolute Gasteiger partial charge is 0.459 e. The van der Waals surface area contributed by atoms with Gasteiger partial charge in [0.2, 0.25) is 0 Å². The van der Waals surface area contributed by atoms with Gasteiger partial charge >= 0.3 is 5.97 Å². The number of esters is 1. The summed E-state index contributed by atoms with van der Waals surface area (Å²) < 4.78 is 5.45.